The number of hydrogen-bond acceptors (Lipinski definition) is 2. The Morgan fingerprint density at radius 2 is 2.11 bits per heavy atom. The van der Waals surface area contributed by atoms with E-state index in [1.54, 1.807) is 0 Å². The molecule has 0 radical (unpaired) electrons. The number of halogens is 1. The fourth-order valence-electron chi connectivity index (χ4n) is 2.18. The average Bonchev–Trinajstić information content (AvgIpc) is 3.00. The van der Waals surface area contributed by atoms with E-state index in [4.69, 9.17) is 11.6 Å². The Bertz CT molecular complexity index is 726. The highest BCUT2D eigenvalue weighted by atomic mass is 35.5. The minimum absolute atomic E-state index is 0.709. The van der Waals surface area contributed by atoms with E-state index in [0.29, 0.717) is 5.02 Å². The van der Waals surface area contributed by atoms with Crippen LogP contribution in [0.1, 0.15) is 19.5 Å². The first-order valence-electron chi connectivity index (χ1n) is 6.43. The van der Waals surface area contributed by atoms with Gasteiger partial charge < -0.3 is 4.98 Å². The zero-order valence-electron chi connectivity index (χ0n) is 10.9. The first-order valence-corrected chi connectivity index (χ1v) is 6.81. The van der Waals surface area contributed by atoms with Crippen molar-refractivity contribution in [2.45, 2.75) is 26.8 Å². The maximum Gasteiger partial charge on any atom is 0.156 e. The quantitative estimate of drug-likeness (QED) is 0.792. The molecule has 2 heterocycles. The third kappa shape index (κ3) is 2.12. The van der Waals surface area contributed by atoms with Crippen LogP contribution in [0.4, 0.5) is 0 Å². The lowest BCUT2D eigenvalue weighted by Gasteiger charge is -2.00. The van der Waals surface area contributed by atoms with E-state index in [2.05, 4.69) is 35.0 Å². The van der Waals surface area contributed by atoms with Crippen LogP contribution in [0.2, 0.25) is 5.02 Å². The number of fused-ring (bicyclic) bond motifs is 1. The highest BCUT2D eigenvalue weighted by Gasteiger charge is 2.12. The largest absolute Gasteiger partial charge is 0.337 e. The molecule has 98 valence electrons. The van der Waals surface area contributed by atoms with E-state index in [1.165, 1.54) is 0 Å². The van der Waals surface area contributed by atoms with Gasteiger partial charge in [0, 0.05) is 11.6 Å². The predicted molar refractivity (Wildman–Crippen MR) is 77.4 cm³/mol. The number of nitrogens with zero attached hydrogens (tertiary/aromatic N) is 3. The van der Waals surface area contributed by atoms with Gasteiger partial charge in [0.2, 0.25) is 0 Å². The van der Waals surface area contributed by atoms with E-state index < -0.39 is 0 Å². The summed E-state index contributed by atoms with van der Waals surface area (Å²) >= 11 is 5.99. The van der Waals surface area contributed by atoms with E-state index >= 15 is 0 Å². The van der Waals surface area contributed by atoms with Crippen LogP contribution in [0.15, 0.2) is 24.3 Å². The molecule has 3 aromatic rings. The van der Waals surface area contributed by atoms with Gasteiger partial charge in [0.25, 0.3) is 0 Å². The van der Waals surface area contributed by atoms with Crippen molar-refractivity contribution in [1.29, 1.82) is 0 Å². The molecule has 0 saturated carbocycles. The zero-order chi connectivity index (χ0) is 13.4. The number of imidazole rings is 1. The third-order valence-electron chi connectivity index (χ3n) is 3.18. The standard InChI is InChI=1S/C14H15ClN4/c1-3-10-8-13(19(4-2)18-10)14-16-11-6-5-9(15)7-12(11)17-14/h5-8H,3-4H2,1-2H3,(H,16,17). The summed E-state index contributed by atoms with van der Waals surface area (Å²) in [6, 6.07) is 7.75. The number of aryl methyl sites for hydroxylation is 2. The Morgan fingerprint density at radius 3 is 2.84 bits per heavy atom. The van der Waals surface area contributed by atoms with Crippen LogP contribution in [0.5, 0.6) is 0 Å². The number of H-pyrrole nitrogens is 1. The summed E-state index contributed by atoms with van der Waals surface area (Å²) in [6.07, 6.45) is 0.923. The molecular weight excluding hydrogens is 260 g/mol. The SMILES string of the molecule is CCc1cc(-c2nc3ccc(Cl)cc3[nH]2)n(CC)n1. The molecule has 0 atom stereocenters. The number of hydrogen-bond donors (Lipinski definition) is 1. The van der Waals surface area contributed by atoms with E-state index in [-0.39, 0.29) is 0 Å². The van der Waals surface area contributed by atoms with Crippen LogP contribution in [0.25, 0.3) is 22.6 Å². The Kier molecular flexibility index (Phi) is 3.03. The molecule has 1 N–H and O–H groups in total. The Hall–Kier alpha value is -1.81. The molecule has 0 aliphatic rings. The average molecular weight is 275 g/mol. The highest BCUT2D eigenvalue weighted by Crippen LogP contribution is 2.23. The van der Waals surface area contributed by atoms with E-state index in [9.17, 15) is 0 Å². The summed E-state index contributed by atoms with van der Waals surface area (Å²) < 4.78 is 1.97. The van der Waals surface area contributed by atoms with Crippen LogP contribution >= 0.6 is 11.6 Å². The highest BCUT2D eigenvalue weighted by molar-refractivity contribution is 6.31. The fraction of sp³-hybridized carbons (Fsp3) is 0.286. The van der Waals surface area contributed by atoms with Gasteiger partial charge in [-0.3, -0.25) is 4.68 Å². The second kappa shape index (κ2) is 4.70. The van der Waals surface area contributed by atoms with E-state index in [1.807, 2.05) is 22.9 Å². The maximum atomic E-state index is 5.99. The topological polar surface area (TPSA) is 46.5 Å². The molecule has 4 nitrogen and oxygen atoms in total. The van der Waals surface area contributed by atoms with Gasteiger partial charge >= 0.3 is 0 Å². The molecule has 0 aliphatic heterocycles. The van der Waals surface area contributed by atoms with Crippen molar-refractivity contribution in [2.24, 2.45) is 0 Å². The summed E-state index contributed by atoms with van der Waals surface area (Å²) in [4.78, 5) is 7.91. The molecular formula is C14H15ClN4. The molecule has 5 heteroatoms. The molecule has 0 spiro atoms. The minimum Gasteiger partial charge on any atom is -0.337 e. The second-order valence-corrected chi connectivity index (χ2v) is 4.87. The lowest BCUT2D eigenvalue weighted by atomic mass is 10.3. The van der Waals surface area contributed by atoms with Crippen LogP contribution in [0.3, 0.4) is 0 Å². The normalized spacial score (nSPS) is 11.3. The zero-order valence-corrected chi connectivity index (χ0v) is 11.7. The van der Waals surface area contributed by atoms with Crippen molar-refractivity contribution >= 4 is 22.6 Å². The molecule has 1 aromatic carbocycles. The lowest BCUT2D eigenvalue weighted by molar-refractivity contribution is 0.653. The second-order valence-electron chi connectivity index (χ2n) is 4.44. The molecule has 0 saturated heterocycles. The van der Waals surface area contributed by atoms with Crippen molar-refractivity contribution in [3.05, 3.63) is 35.0 Å². The van der Waals surface area contributed by atoms with Crippen molar-refractivity contribution < 1.29 is 0 Å². The number of benzene rings is 1. The molecule has 19 heavy (non-hydrogen) atoms. The molecule has 0 aliphatic carbocycles. The van der Waals surface area contributed by atoms with Gasteiger partial charge in [0.15, 0.2) is 5.82 Å². The van der Waals surface area contributed by atoms with Gasteiger partial charge in [-0.15, -0.1) is 0 Å². The van der Waals surface area contributed by atoms with Gasteiger partial charge in [0.1, 0.15) is 5.69 Å². The van der Waals surface area contributed by atoms with Gasteiger partial charge in [0.05, 0.1) is 16.7 Å². The minimum atomic E-state index is 0.709. The summed E-state index contributed by atoms with van der Waals surface area (Å²) in [6.45, 7) is 5.01. The number of rotatable bonds is 3. The van der Waals surface area contributed by atoms with Crippen LogP contribution in [-0.2, 0) is 13.0 Å². The number of aromatic nitrogens is 4. The maximum absolute atomic E-state index is 5.99. The molecule has 0 fully saturated rings. The van der Waals surface area contributed by atoms with Crippen LogP contribution < -0.4 is 0 Å². The first kappa shape index (κ1) is 12.2. The summed E-state index contributed by atoms with van der Waals surface area (Å²) in [5, 5.41) is 5.25. The number of aromatic amines is 1. The van der Waals surface area contributed by atoms with Crippen molar-refractivity contribution in [2.75, 3.05) is 0 Å². The summed E-state index contributed by atoms with van der Waals surface area (Å²) in [5.41, 5.74) is 3.97. The first-order chi connectivity index (χ1) is 9.21. The third-order valence-corrected chi connectivity index (χ3v) is 3.41. The number of nitrogens with one attached hydrogen (secondary N) is 1. The van der Waals surface area contributed by atoms with Crippen LogP contribution in [0, 0.1) is 0 Å². The summed E-state index contributed by atoms with van der Waals surface area (Å²) in [5.74, 6) is 0.839. The van der Waals surface area contributed by atoms with Gasteiger partial charge in [-0.05, 0) is 37.6 Å². The van der Waals surface area contributed by atoms with Crippen LogP contribution in [-0.4, -0.2) is 19.7 Å². The van der Waals surface area contributed by atoms with Crippen molar-refractivity contribution in [3.8, 4) is 11.5 Å². The molecule has 2 aromatic heterocycles. The molecule has 3 rings (SSSR count). The lowest BCUT2D eigenvalue weighted by Crippen LogP contribution is -2.00. The van der Waals surface area contributed by atoms with Gasteiger partial charge in [-0.25, -0.2) is 4.98 Å². The Balaban J connectivity index is 2.15. The predicted octanol–water partition coefficient (Wildman–Crippen LogP) is 3.66. The van der Waals surface area contributed by atoms with E-state index in [0.717, 1.165) is 41.2 Å². The molecule has 0 bridgehead atoms. The Labute approximate surface area is 116 Å². The van der Waals surface area contributed by atoms with Gasteiger partial charge in [-0.2, -0.15) is 5.10 Å². The van der Waals surface area contributed by atoms with Gasteiger partial charge in [-0.1, -0.05) is 18.5 Å². The van der Waals surface area contributed by atoms with Crippen molar-refractivity contribution in [3.63, 3.8) is 0 Å². The monoisotopic (exact) mass is 274 g/mol. The molecule has 0 amide bonds. The Morgan fingerprint density at radius 1 is 1.26 bits per heavy atom. The smallest absolute Gasteiger partial charge is 0.156 e. The molecule has 0 unspecified atom stereocenters. The summed E-state index contributed by atoms with van der Waals surface area (Å²) in [7, 11) is 0. The van der Waals surface area contributed by atoms with Crippen molar-refractivity contribution in [1.82, 2.24) is 19.7 Å². The fourth-order valence-corrected chi connectivity index (χ4v) is 2.35.